The van der Waals surface area contributed by atoms with Crippen LogP contribution in [-0.4, -0.2) is 44.8 Å². The summed E-state index contributed by atoms with van der Waals surface area (Å²) in [5.41, 5.74) is 2.00. The minimum absolute atomic E-state index is 0.153. The van der Waals surface area contributed by atoms with Crippen molar-refractivity contribution in [1.29, 1.82) is 0 Å². The van der Waals surface area contributed by atoms with Crippen LogP contribution in [0, 0.1) is 0 Å². The standard InChI is InChI=1S/C25H25N5O5/c1-15(2)27-25(33)29-23(31)16(3)35-24(32)19-12-21(17-8-5-4-6-9-17)28-22-20(19)13-26-30(22)14-18-10-7-11-34-18/h4-13,15-16H,14H2,1-3H3,(H2,27,29,31,33). The molecule has 0 fully saturated rings. The number of fused-ring (bicyclic) bond motifs is 1. The van der Waals surface area contributed by atoms with E-state index in [-0.39, 0.29) is 11.6 Å². The first-order chi connectivity index (χ1) is 16.8. The van der Waals surface area contributed by atoms with E-state index in [0.29, 0.717) is 29.0 Å². The van der Waals surface area contributed by atoms with Crippen LogP contribution in [0.25, 0.3) is 22.3 Å². The van der Waals surface area contributed by atoms with E-state index >= 15 is 0 Å². The van der Waals surface area contributed by atoms with Crippen molar-refractivity contribution >= 4 is 28.9 Å². The molecule has 10 heteroatoms. The summed E-state index contributed by atoms with van der Waals surface area (Å²) in [6.45, 7) is 5.24. The minimum Gasteiger partial charge on any atom is -0.467 e. The Bertz CT molecular complexity index is 1350. The number of nitrogens with zero attached hydrogens (tertiary/aromatic N) is 3. The fraction of sp³-hybridized carbons (Fsp3) is 0.240. The number of imide groups is 1. The lowest BCUT2D eigenvalue weighted by atomic mass is 10.1. The Hall–Kier alpha value is -4.47. The maximum Gasteiger partial charge on any atom is 0.339 e. The fourth-order valence-corrected chi connectivity index (χ4v) is 3.43. The third-order valence-electron chi connectivity index (χ3n) is 5.09. The predicted molar refractivity (Wildman–Crippen MR) is 127 cm³/mol. The zero-order valence-electron chi connectivity index (χ0n) is 19.5. The van der Waals surface area contributed by atoms with Crippen LogP contribution in [0.15, 0.2) is 65.4 Å². The molecule has 10 nitrogen and oxygen atoms in total. The Balaban J connectivity index is 1.65. The molecule has 1 atom stereocenters. The Morgan fingerprint density at radius 1 is 1.09 bits per heavy atom. The first kappa shape index (κ1) is 23.7. The molecule has 35 heavy (non-hydrogen) atoms. The quantitative estimate of drug-likeness (QED) is 0.391. The van der Waals surface area contributed by atoms with Gasteiger partial charge in [-0.3, -0.25) is 10.1 Å². The number of carbonyl (C=O) groups excluding carboxylic acids is 3. The molecule has 0 aliphatic carbocycles. The van der Waals surface area contributed by atoms with Gasteiger partial charge in [0.25, 0.3) is 5.91 Å². The lowest BCUT2D eigenvalue weighted by molar-refractivity contribution is -0.127. The summed E-state index contributed by atoms with van der Waals surface area (Å²) in [4.78, 5) is 42.1. The Morgan fingerprint density at radius 3 is 2.54 bits per heavy atom. The van der Waals surface area contributed by atoms with E-state index in [4.69, 9.17) is 14.1 Å². The molecule has 1 unspecified atom stereocenters. The van der Waals surface area contributed by atoms with Gasteiger partial charge in [-0.2, -0.15) is 5.10 Å². The predicted octanol–water partition coefficient (Wildman–Crippen LogP) is 3.52. The van der Waals surface area contributed by atoms with Crippen LogP contribution in [0.1, 0.15) is 36.9 Å². The normalized spacial score (nSPS) is 11.9. The molecule has 4 rings (SSSR count). The highest BCUT2D eigenvalue weighted by atomic mass is 16.5. The number of hydrogen-bond acceptors (Lipinski definition) is 7. The van der Waals surface area contributed by atoms with Crippen molar-refractivity contribution in [3.63, 3.8) is 0 Å². The first-order valence-electron chi connectivity index (χ1n) is 11.1. The summed E-state index contributed by atoms with van der Waals surface area (Å²) >= 11 is 0. The number of amides is 3. The lowest BCUT2D eigenvalue weighted by Gasteiger charge is -2.15. The molecule has 0 bridgehead atoms. The summed E-state index contributed by atoms with van der Waals surface area (Å²) in [6.07, 6.45) is 1.89. The second-order valence-corrected chi connectivity index (χ2v) is 8.20. The largest absolute Gasteiger partial charge is 0.467 e. The molecule has 0 saturated heterocycles. The van der Waals surface area contributed by atoms with Crippen molar-refractivity contribution in [3.05, 3.63) is 72.3 Å². The van der Waals surface area contributed by atoms with Gasteiger partial charge in [-0.25, -0.2) is 19.3 Å². The molecule has 0 saturated carbocycles. The van der Waals surface area contributed by atoms with Crippen molar-refractivity contribution in [2.45, 2.75) is 39.5 Å². The molecule has 3 heterocycles. The zero-order chi connectivity index (χ0) is 24.9. The number of ether oxygens (including phenoxy) is 1. The topological polar surface area (TPSA) is 128 Å². The van der Waals surface area contributed by atoms with Gasteiger partial charge < -0.3 is 14.5 Å². The highest BCUT2D eigenvalue weighted by molar-refractivity contribution is 6.05. The van der Waals surface area contributed by atoms with Crippen LogP contribution in [0.4, 0.5) is 4.79 Å². The number of esters is 1. The number of aromatic nitrogens is 3. The monoisotopic (exact) mass is 475 g/mol. The number of urea groups is 1. The fourth-order valence-electron chi connectivity index (χ4n) is 3.43. The highest BCUT2D eigenvalue weighted by Gasteiger charge is 2.24. The molecular formula is C25H25N5O5. The van der Waals surface area contributed by atoms with Crippen LogP contribution in [-0.2, 0) is 16.1 Å². The third kappa shape index (κ3) is 5.55. The molecule has 180 valence electrons. The summed E-state index contributed by atoms with van der Waals surface area (Å²) < 4.78 is 12.5. The maximum absolute atomic E-state index is 13.2. The smallest absolute Gasteiger partial charge is 0.339 e. The average molecular weight is 476 g/mol. The van der Waals surface area contributed by atoms with Crippen LogP contribution in [0.2, 0.25) is 0 Å². The second-order valence-electron chi connectivity index (χ2n) is 8.20. The number of benzene rings is 1. The third-order valence-corrected chi connectivity index (χ3v) is 5.09. The summed E-state index contributed by atoms with van der Waals surface area (Å²) in [6, 6.07) is 13.8. The van der Waals surface area contributed by atoms with Crippen molar-refractivity contribution in [1.82, 2.24) is 25.4 Å². The minimum atomic E-state index is -1.21. The van der Waals surface area contributed by atoms with E-state index in [1.54, 1.807) is 36.9 Å². The molecule has 0 radical (unpaired) electrons. The number of carbonyl (C=O) groups is 3. The number of nitrogens with one attached hydrogen (secondary N) is 2. The van der Waals surface area contributed by atoms with Crippen molar-refractivity contribution in [3.8, 4) is 11.3 Å². The SMILES string of the molecule is CC(C)NC(=O)NC(=O)C(C)OC(=O)c1cc(-c2ccccc2)nc2c1cnn2Cc1ccco1. The van der Waals surface area contributed by atoms with E-state index in [1.807, 2.05) is 36.4 Å². The zero-order valence-corrected chi connectivity index (χ0v) is 19.5. The van der Waals surface area contributed by atoms with Crippen molar-refractivity contribution < 1.29 is 23.5 Å². The molecule has 3 aromatic heterocycles. The molecule has 2 N–H and O–H groups in total. The molecule has 0 aliphatic heterocycles. The van der Waals surface area contributed by atoms with Crippen LogP contribution in [0.3, 0.4) is 0 Å². The van der Waals surface area contributed by atoms with Crippen LogP contribution >= 0.6 is 0 Å². The molecule has 0 spiro atoms. The Morgan fingerprint density at radius 2 is 1.86 bits per heavy atom. The summed E-state index contributed by atoms with van der Waals surface area (Å²) in [5, 5.41) is 9.56. The van der Waals surface area contributed by atoms with Gasteiger partial charge in [-0.05, 0) is 39.0 Å². The number of pyridine rings is 1. The van der Waals surface area contributed by atoms with Gasteiger partial charge in [0.1, 0.15) is 12.3 Å². The summed E-state index contributed by atoms with van der Waals surface area (Å²) in [7, 11) is 0. The van der Waals surface area contributed by atoms with Gasteiger partial charge in [0.15, 0.2) is 11.8 Å². The first-order valence-corrected chi connectivity index (χ1v) is 11.1. The Labute approximate surface area is 201 Å². The number of furan rings is 1. The molecule has 4 aromatic rings. The van der Waals surface area contributed by atoms with Gasteiger partial charge in [0.05, 0.1) is 29.1 Å². The van der Waals surface area contributed by atoms with Gasteiger partial charge in [0, 0.05) is 11.6 Å². The van der Waals surface area contributed by atoms with E-state index in [0.717, 1.165) is 5.56 Å². The number of rotatable bonds is 7. The average Bonchev–Trinajstić information content (AvgIpc) is 3.49. The molecular weight excluding hydrogens is 450 g/mol. The lowest BCUT2D eigenvalue weighted by Crippen LogP contribution is -2.46. The van der Waals surface area contributed by atoms with E-state index in [2.05, 4.69) is 15.7 Å². The maximum atomic E-state index is 13.2. The number of hydrogen-bond donors (Lipinski definition) is 2. The van der Waals surface area contributed by atoms with E-state index in [1.165, 1.54) is 13.1 Å². The second kappa shape index (κ2) is 10.2. The van der Waals surface area contributed by atoms with Crippen LogP contribution < -0.4 is 10.6 Å². The van der Waals surface area contributed by atoms with Crippen molar-refractivity contribution in [2.75, 3.05) is 0 Å². The van der Waals surface area contributed by atoms with E-state index < -0.39 is 24.0 Å². The van der Waals surface area contributed by atoms with Gasteiger partial charge in [-0.1, -0.05) is 30.3 Å². The van der Waals surface area contributed by atoms with Gasteiger partial charge >= 0.3 is 12.0 Å². The van der Waals surface area contributed by atoms with Crippen molar-refractivity contribution in [2.24, 2.45) is 0 Å². The summed E-state index contributed by atoms with van der Waals surface area (Å²) in [5.74, 6) is -0.798. The van der Waals surface area contributed by atoms with E-state index in [9.17, 15) is 14.4 Å². The van der Waals surface area contributed by atoms with Crippen LogP contribution in [0.5, 0.6) is 0 Å². The molecule has 1 aromatic carbocycles. The molecule has 0 aliphatic rings. The molecule has 3 amide bonds. The van der Waals surface area contributed by atoms with Gasteiger partial charge in [-0.15, -0.1) is 0 Å². The van der Waals surface area contributed by atoms with Gasteiger partial charge in [0.2, 0.25) is 0 Å². The highest BCUT2D eigenvalue weighted by Crippen LogP contribution is 2.26. The Kier molecular flexibility index (Phi) is 6.91.